The van der Waals surface area contributed by atoms with E-state index < -0.39 is 23.4 Å². The fourth-order valence-electron chi connectivity index (χ4n) is 2.43. The molecule has 128 valence electrons. The molecular formula is C16H10ClF2N3O3. The number of nitrogens with one attached hydrogen (secondary N) is 1. The number of hydrogen-bond donors (Lipinski definition) is 2. The lowest BCUT2D eigenvalue weighted by molar-refractivity contribution is 0.209. The number of rotatable bonds is 2. The van der Waals surface area contributed by atoms with Gasteiger partial charge in [0.05, 0.1) is 16.8 Å². The minimum Gasteiger partial charge on any atom is -0.465 e. The number of halogens is 3. The zero-order valence-corrected chi connectivity index (χ0v) is 13.4. The molecule has 2 N–H and O–H groups in total. The van der Waals surface area contributed by atoms with Crippen molar-refractivity contribution >= 4 is 34.4 Å². The average molecular weight is 366 g/mol. The third-order valence-corrected chi connectivity index (χ3v) is 3.74. The van der Waals surface area contributed by atoms with Crippen molar-refractivity contribution in [3.63, 3.8) is 0 Å². The zero-order chi connectivity index (χ0) is 18.3. The van der Waals surface area contributed by atoms with Gasteiger partial charge in [-0.15, -0.1) is 0 Å². The Morgan fingerprint density at radius 2 is 2.00 bits per heavy atom. The molecule has 0 fully saturated rings. The third-order valence-electron chi connectivity index (χ3n) is 3.53. The predicted octanol–water partition coefficient (Wildman–Crippen LogP) is 3.72. The number of aromatic nitrogens is 2. The number of anilines is 1. The number of nitrogens with zero attached hydrogens (tertiary/aromatic N) is 2. The molecule has 1 aromatic carbocycles. The molecule has 0 aliphatic rings. The summed E-state index contributed by atoms with van der Waals surface area (Å²) in [6.07, 6.45) is -0.173. The topological polar surface area (TPSA) is 84.2 Å². The Hall–Kier alpha value is -3.00. The van der Waals surface area contributed by atoms with Crippen LogP contribution in [0.4, 0.5) is 19.3 Å². The first-order valence-electron chi connectivity index (χ1n) is 6.96. The minimum atomic E-state index is -1.50. The van der Waals surface area contributed by atoms with Crippen LogP contribution in [0.2, 0.25) is 5.15 Å². The van der Waals surface area contributed by atoms with Gasteiger partial charge in [-0.3, -0.25) is 14.7 Å². The van der Waals surface area contributed by atoms with E-state index >= 15 is 0 Å². The second kappa shape index (κ2) is 6.14. The third kappa shape index (κ3) is 3.03. The molecule has 1 amide bonds. The fraction of sp³-hybridized carbons (Fsp3) is 0.0625. The molecule has 0 spiro atoms. The molecule has 0 saturated carbocycles. The van der Waals surface area contributed by atoms with Gasteiger partial charge in [0.1, 0.15) is 22.4 Å². The van der Waals surface area contributed by atoms with Crippen LogP contribution in [0.3, 0.4) is 0 Å². The summed E-state index contributed by atoms with van der Waals surface area (Å²) in [7, 11) is 0. The van der Waals surface area contributed by atoms with E-state index in [2.05, 4.69) is 4.98 Å². The van der Waals surface area contributed by atoms with Gasteiger partial charge in [-0.1, -0.05) is 11.6 Å². The smallest absolute Gasteiger partial charge is 0.409 e. The van der Waals surface area contributed by atoms with E-state index in [0.29, 0.717) is 11.6 Å². The highest BCUT2D eigenvalue weighted by Gasteiger charge is 2.16. The van der Waals surface area contributed by atoms with Crippen molar-refractivity contribution in [1.29, 1.82) is 0 Å². The van der Waals surface area contributed by atoms with Gasteiger partial charge in [0.2, 0.25) is 0 Å². The molecule has 25 heavy (non-hydrogen) atoms. The van der Waals surface area contributed by atoms with Crippen LogP contribution >= 0.6 is 11.6 Å². The molecule has 0 atom stereocenters. The standard InChI is InChI=1S/C16H10ClF2N3O3/c1-7-6-22(15-8(14(7)23)2-3-13(17)21-15)12-5-11(20-16(24)25)9(18)4-10(12)19/h2-6,20H,1H3,(H,24,25). The first-order valence-corrected chi connectivity index (χ1v) is 7.33. The van der Waals surface area contributed by atoms with Crippen LogP contribution in [0.15, 0.2) is 35.3 Å². The predicted molar refractivity (Wildman–Crippen MR) is 88.7 cm³/mol. The zero-order valence-electron chi connectivity index (χ0n) is 12.7. The van der Waals surface area contributed by atoms with Crippen LogP contribution in [0.25, 0.3) is 16.7 Å². The van der Waals surface area contributed by atoms with Gasteiger partial charge in [-0.05, 0) is 25.1 Å². The number of amides is 1. The first-order chi connectivity index (χ1) is 11.8. The molecular weight excluding hydrogens is 356 g/mol. The maximum atomic E-state index is 14.3. The number of pyridine rings is 2. The van der Waals surface area contributed by atoms with Crippen molar-refractivity contribution in [1.82, 2.24) is 9.55 Å². The SMILES string of the molecule is Cc1cn(-c2cc(NC(=O)O)c(F)cc2F)c2nc(Cl)ccc2c1=O. The van der Waals surface area contributed by atoms with Crippen molar-refractivity contribution in [2.45, 2.75) is 6.92 Å². The normalized spacial score (nSPS) is 10.9. The molecule has 0 aliphatic heterocycles. The van der Waals surface area contributed by atoms with Gasteiger partial charge >= 0.3 is 6.09 Å². The van der Waals surface area contributed by atoms with Crippen molar-refractivity contribution in [3.8, 4) is 5.69 Å². The highest BCUT2D eigenvalue weighted by Crippen LogP contribution is 2.25. The lowest BCUT2D eigenvalue weighted by Crippen LogP contribution is -2.14. The maximum absolute atomic E-state index is 14.3. The summed E-state index contributed by atoms with van der Waals surface area (Å²) in [6.45, 7) is 1.53. The van der Waals surface area contributed by atoms with Gasteiger partial charge in [0.15, 0.2) is 5.43 Å². The van der Waals surface area contributed by atoms with Gasteiger partial charge in [0, 0.05) is 17.8 Å². The Labute approximate surface area is 144 Å². The van der Waals surface area contributed by atoms with Gasteiger partial charge in [0.25, 0.3) is 0 Å². The number of aryl methyl sites for hydroxylation is 1. The lowest BCUT2D eigenvalue weighted by atomic mass is 10.2. The largest absolute Gasteiger partial charge is 0.465 e. The van der Waals surface area contributed by atoms with Crippen LogP contribution in [-0.4, -0.2) is 20.8 Å². The molecule has 2 heterocycles. The number of fused-ring (bicyclic) bond motifs is 1. The first kappa shape index (κ1) is 16.8. The number of carboxylic acid groups (broad SMARTS) is 1. The monoisotopic (exact) mass is 365 g/mol. The Morgan fingerprint density at radius 1 is 1.28 bits per heavy atom. The van der Waals surface area contributed by atoms with Gasteiger partial charge in [-0.2, -0.15) is 0 Å². The van der Waals surface area contributed by atoms with E-state index in [-0.39, 0.29) is 27.3 Å². The van der Waals surface area contributed by atoms with Crippen LogP contribution < -0.4 is 10.7 Å². The summed E-state index contributed by atoms with van der Waals surface area (Å²) in [4.78, 5) is 27.0. The summed E-state index contributed by atoms with van der Waals surface area (Å²) >= 11 is 5.87. The quantitative estimate of drug-likeness (QED) is 0.678. The van der Waals surface area contributed by atoms with Crippen LogP contribution in [0, 0.1) is 18.6 Å². The minimum absolute atomic E-state index is 0.0647. The summed E-state index contributed by atoms with van der Waals surface area (Å²) in [5.74, 6) is -2.03. The summed E-state index contributed by atoms with van der Waals surface area (Å²) in [6, 6.07) is 4.40. The van der Waals surface area contributed by atoms with Crippen molar-refractivity contribution in [3.05, 3.63) is 63.0 Å². The van der Waals surface area contributed by atoms with E-state index in [1.807, 2.05) is 5.32 Å². The number of hydrogen-bond acceptors (Lipinski definition) is 3. The molecule has 0 radical (unpaired) electrons. The average Bonchev–Trinajstić information content (AvgIpc) is 2.53. The van der Waals surface area contributed by atoms with E-state index in [1.54, 1.807) is 0 Å². The molecule has 0 aliphatic carbocycles. The Kier molecular flexibility index (Phi) is 4.13. The summed E-state index contributed by atoms with van der Waals surface area (Å²) < 4.78 is 29.3. The van der Waals surface area contributed by atoms with E-state index in [4.69, 9.17) is 16.7 Å². The Balaban J connectivity index is 2.37. The lowest BCUT2D eigenvalue weighted by Gasteiger charge is -2.14. The second-order valence-electron chi connectivity index (χ2n) is 5.23. The van der Waals surface area contributed by atoms with Crippen molar-refractivity contribution in [2.75, 3.05) is 5.32 Å². The number of benzene rings is 1. The maximum Gasteiger partial charge on any atom is 0.409 e. The van der Waals surface area contributed by atoms with Crippen LogP contribution in [-0.2, 0) is 0 Å². The summed E-state index contributed by atoms with van der Waals surface area (Å²) in [5.41, 5.74) is -0.562. The number of carbonyl (C=O) groups is 1. The highest BCUT2D eigenvalue weighted by molar-refractivity contribution is 6.29. The highest BCUT2D eigenvalue weighted by atomic mass is 35.5. The van der Waals surface area contributed by atoms with Crippen LogP contribution in [0.1, 0.15) is 5.56 Å². The summed E-state index contributed by atoms with van der Waals surface area (Å²) in [5, 5.41) is 10.9. The molecule has 0 saturated heterocycles. The van der Waals surface area contributed by atoms with E-state index in [0.717, 1.165) is 6.07 Å². The molecule has 2 aromatic heterocycles. The van der Waals surface area contributed by atoms with Crippen molar-refractivity contribution < 1.29 is 18.7 Å². The van der Waals surface area contributed by atoms with E-state index in [9.17, 15) is 18.4 Å². The Bertz CT molecular complexity index is 1080. The van der Waals surface area contributed by atoms with Crippen LogP contribution in [0.5, 0.6) is 0 Å². The Morgan fingerprint density at radius 3 is 2.68 bits per heavy atom. The van der Waals surface area contributed by atoms with Gasteiger partial charge < -0.3 is 5.11 Å². The molecule has 6 nitrogen and oxygen atoms in total. The van der Waals surface area contributed by atoms with Gasteiger partial charge in [-0.25, -0.2) is 18.6 Å². The van der Waals surface area contributed by atoms with E-state index in [1.165, 1.54) is 29.8 Å². The van der Waals surface area contributed by atoms with Crippen molar-refractivity contribution in [2.24, 2.45) is 0 Å². The molecule has 3 rings (SSSR count). The molecule has 0 bridgehead atoms. The molecule has 9 heteroatoms. The molecule has 3 aromatic rings. The molecule has 0 unspecified atom stereocenters. The fourth-order valence-corrected chi connectivity index (χ4v) is 2.57. The second-order valence-corrected chi connectivity index (χ2v) is 5.62.